The van der Waals surface area contributed by atoms with Crippen LogP contribution in [0.2, 0.25) is 0 Å². The first-order chi connectivity index (χ1) is 11.6. The van der Waals surface area contributed by atoms with Crippen LogP contribution in [-0.4, -0.2) is 48.3 Å². The zero-order chi connectivity index (χ0) is 16.9. The largest absolute Gasteiger partial charge is 0.506 e. The highest BCUT2D eigenvalue weighted by molar-refractivity contribution is 5.95. The zero-order valence-electron chi connectivity index (χ0n) is 14.2. The maximum atomic E-state index is 13.5. The quantitative estimate of drug-likeness (QED) is 0.495. The molecule has 2 unspecified atom stereocenters. The van der Waals surface area contributed by atoms with Gasteiger partial charge in [0.2, 0.25) is 0 Å². The fraction of sp³-hybridized carbons (Fsp3) is 0.611. The minimum absolute atomic E-state index is 0.0223. The third-order valence-electron chi connectivity index (χ3n) is 4.87. The van der Waals surface area contributed by atoms with Gasteiger partial charge in [0.25, 0.3) is 0 Å². The molecule has 1 saturated heterocycles. The standard InChI is InChI=1S/C18H26FN3O2/c1-13-4-2-3-5-15(13)20-18(22-8-10-24-11-9-22)21-16-12-14(19)6-7-17(16)23/h6-7,12-13,15,23H,2-5,8-11H2,1H3,(H,20,21). The van der Waals surface area contributed by atoms with E-state index in [9.17, 15) is 9.50 Å². The van der Waals surface area contributed by atoms with E-state index in [1.807, 2.05) is 0 Å². The lowest BCUT2D eigenvalue weighted by Crippen LogP contribution is -2.45. The summed E-state index contributed by atoms with van der Waals surface area (Å²) in [6.45, 7) is 5.02. The topological polar surface area (TPSA) is 57.1 Å². The monoisotopic (exact) mass is 335 g/mol. The predicted octanol–water partition coefficient (Wildman–Crippen LogP) is 3.21. The van der Waals surface area contributed by atoms with Gasteiger partial charge in [0, 0.05) is 19.2 Å². The number of hydrogen-bond acceptors (Lipinski definition) is 3. The zero-order valence-corrected chi connectivity index (χ0v) is 14.2. The second kappa shape index (κ2) is 7.83. The van der Waals surface area contributed by atoms with Gasteiger partial charge in [-0.2, -0.15) is 0 Å². The SMILES string of the molecule is CC1CCCCC1N=C(Nc1cc(F)ccc1O)N1CCOCC1. The van der Waals surface area contributed by atoms with Gasteiger partial charge in [0.15, 0.2) is 5.96 Å². The minimum Gasteiger partial charge on any atom is -0.506 e. The van der Waals surface area contributed by atoms with E-state index in [0.717, 1.165) is 19.5 Å². The molecule has 0 aromatic heterocycles. The number of rotatable bonds is 2. The summed E-state index contributed by atoms with van der Waals surface area (Å²) in [4.78, 5) is 7.07. The fourth-order valence-corrected chi connectivity index (χ4v) is 3.34. The Morgan fingerprint density at radius 1 is 1.29 bits per heavy atom. The molecule has 2 fully saturated rings. The van der Waals surface area contributed by atoms with E-state index in [4.69, 9.17) is 9.73 Å². The Kier molecular flexibility index (Phi) is 5.56. The molecule has 1 aliphatic carbocycles. The average molecular weight is 335 g/mol. The highest BCUT2D eigenvalue weighted by atomic mass is 19.1. The molecule has 24 heavy (non-hydrogen) atoms. The van der Waals surface area contributed by atoms with Gasteiger partial charge in [-0.15, -0.1) is 0 Å². The van der Waals surface area contributed by atoms with E-state index in [-0.39, 0.29) is 17.6 Å². The third kappa shape index (κ3) is 4.17. The first kappa shape index (κ1) is 17.0. The molecule has 6 heteroatoms. The van der Waals surface area contributed by atoms with Crippen LogP contribution in [-0.2, 0) is 4.74 Å². The first-order valence-corrected chi connectivity index (χ1v) is 8.79. The molecule has 5 nitrogen and oxygen atoms in total. The van der Waals surface area contributed by atoms with Crippen LogP contribution in [0.5, 0.6) is 5.75 Å². The number of aliphatic imine (C=N–C) groups is 1. The number of ether oxygens (including phenoxy) is 1. The molecular weight excluding hydrogens is 309 g/mol. The van der Waals surface area contributed by atoms with Crippen molar-refractivity contribution >= 4 is 11.6 Å². The van der Waals surface area contributed by atoms with E-state index in [1.54, 1.807) is 0 Å². The van der Waals surface area contributed by atoms with Gasteiger partial charge >= 0.3 is 0 Å². The number of nitrogens with one attached hydrogen (secondary N) is 1. The Bertz CT molecular complexity index is 588. The van der Waals surface area contributed by atoms with Crippen LogP contribution in [0.3, 0.4) is 0 Å². The number of hydrogen-bond donors (Lipinski definition) is 2. The molecule has 132 valence electrons. The summed E-state index contributed by atoms with van der Waals surface area (Å²) in [6, 6.07) is 4.17. The van der Waals surface area contributed by atoms with Crippen molar-refractivity contribution in [3.63, 3.8) is 0 Å². The molecule has 2 aliphatic rings. The summed E-state index contributed by atoms with van der Waals surface area (Å²) in [5, 5.41) is 13.2. The molecule has 1 aromatic rings. The lowest BCUT2D eigenvalue weighted by atomic mass is 9.86. The number of benzene rings is 1. The van der Waals surface area contributed by atoms with Crippen molar-refractivity contribution in [2.24, 2.45) is 10.9 Å². The Labute approximate surface area is 142 Å². The van der Waals surface area contributed by atoms with E-state index < -0.39 is 0 Å². The van der Waals surface area contributed by atoms with E-state index in [0.29, 0.717) is 30.8 Å². The van der Waals surface area contributed by atoms with Crippen LogP contribution in [0.25, 0.3) is 0 Å². The Balaban J connectivity index is 1.84. The number of phenolic OH excluding ortho intramolecular Hbond substituents is 1. The lowest BCUT2D eigenvalue weighted by molar-refractivity contribution is 0.0676. The number of morpholine rings is 1. The molecular formula is C18H26FN3O2. The van der Waals surface area contributed by atoms with Crippen LogP contribution in [0.4, 0.5) is 10.1 Å². The molecule has 1 aromatic carbocycles. The maximum Gasteiger partial charge on any atom is 0.199 e. The summed E-state index contributed by atoms with van der Waals surface area (Å²) >= 11 is 0. The van der Waals surface area contributed by atoms with Gasteiger partial charge in [-0.25, -0.2) is 9.38 Å². The van der Waals surface area contributed by atoms with E-state index in [2.05, 4.69) is 17.1 Å². The number of guanidine groups is 1. The second-order valence-electron chi connectivity index (χ2n) is 6.67. The molecule has 1 heterocycles. The van der Waals surface area contributed by atoms with Crippen molar-refractivity contribution < 1.29 is 14.2 Å². The number of phenols is 1. The van der Waals surface area contributed by atoms with Gasteiger partial charge in [-0.1, -0.05) is 19.8 Å². The Hall–Kier alpha value is -1.82. The van der Waals surface area contributed by atoms with Crippen LogP contribution >= 0.6 is 0 Å². The smallest absolute Gasteiger partial charge is 0.199 e. The lowest BCUT2D eigenvalue weighted by Gasteiger charge is -2.33. The van der Waals surface area contributed by atoms with Crippen LogP contribution < -0.4 is 5.32 Å². The molecule has 2 atom stereocenters. The Morgan fingerprint density at radius 3 is 2.79 bits per heavy atom. The van der Waals surface area contributed by atoms with Crippen LogP contribution in [0, 0.1) is 11.7 Å². The van der Waals surface area contributed by atoms with Gasteiger partial charge in [0.1, 0.15) is 11.6 Å². The van der Waals surface area contributed by atoms with Gasteiger partial charge in [-0.3, -0.25) is 0 Å². The molecule has 2 N–H and O–H groups in total. The number of halogens is 1. The summed E-state index contributed by atoms with van der Waals surface area (Å²) in [5.74, 6) is 0.882. The molecule has 1 aliphatic heterocycles. The van der Waals surface area contributed by atoms with E-state index >= 15 is 0 Å². The number of anilines is 1. The van der Waals surface area contributed by atoms with Crippen molar-refractivity contribution in [1.82, 2.24) is 4.90 Å². The normalized spacial score (nSPS) is 25.6. The second-order valence-corrected chi connectivity index (χ2v) is 6.67. The molecule has 0 bridgehead atoms. The van der Waals surface area contributed by atoms with Crippen LogP contribution in [0.15, 0.2) is 23.2 Å². The molecule has 3 rings (SSSR count). The van der Waals surface area contributed by atoms with Gasteiger partial charge in [-0.05, 0) is 30.9 Å². The summed E-state index contributed by atoms with van der Waals surface area (Å²) in [7, 11) is 0. The highest BCUT2D eigenvalue weighted by Crippen LogP contribution is 2.28. The minimum atomic E-state index is -0.386. The first-order valence-electron chi connectivity index (χ1n) is 8.79. The van der Waals surface area contributed by atoms with Gasteiger partial charge < -0.3 is 20.1 Å². The van der Waals surface area contributed by atoms with Crippen molar-refractivity contribution in [3.8, 4) is 5.75 Å². The number of nitrogens with zero attached hydrogens (tertiary/aromatic N) is 2. The van der Waals surface area contributed by atoms with Crippen molar-refractivity contribution in [2.45, 2.75) is 38.6 Å². The summed E-state index contributed by atoms with van der Waals surface area (Å²) < 4.78 is 19.0. The van der Waals surface area contributed by atoms with Gasteiger partial charge in [0.05, 0.1) is 24.9 Å². The Morgan fingerprint density at radius 2 is 2.04 bits per heavy atom. The maximum absolute atomic E-state index is 13.5. The third-order valence-corrected chi connectivity index (χ3v) is 4.87. The number of aromatic hydroxyl groups is 1. The van der Waals surface area contributed by atoms with Crippen molar-refractivity contribution in [2.75, 3.05) is 31.6 Å². The van der Waals surface area contributed by atoms with E-state index in [1.165, 1.54) is 37.5 Å². The molecule has 0 amide bonds. The highest BCUT2D eigenvalue weighted by Gasteiger charge is 2.24. The molecule has 0 radical (unpaired) electrons. The van der Waals surface area contributed by atoms with Crippen molar-refractivity contribution in [1.29, 1.82) is 0 Å². The predicted molar refractivity (Wildman–Crippen MR) is 92.9 cm³/mol. The molecule has 0 spiro atoms. The summed E-state index contributed by atoms with van der Waals surface area (Å²) in [5.41, 5.74) is 0.351. The molecule has 1 saturated carbocycles. The van der Waals surface area contributed by atoms with Crippen LogP contribution in [0.1, 0.15) is 32.6 Å². The average Bonchev–Trinajstić information content (AvgIpc) is 2.60. The summed E-state index contributed by atoms with van der Waals surface area (Å²) in [6.07, 6.45) is 4.72. The fourth-order valence-electron chi connectivity index (χ4n) is 3.34. The van der Waals surface area contributed by atoms with Crippen molar-refractivity contribution in [3.05, 3.63) is 24.0 Å².